The summed E-state index contributed by atoms with van der Waals surface area (Å²) in [6.07, 6.45) is 0. The predicted molar refractivity (Wildman–Crippen MR) is 87.7 cm³/mol. The molecular weight excluding hydrogens is 263 g/mol. The number of rotatable bonds is 3. The average molecular weight is 286 g/mol. The van der Waals surface area contributed by atoms with Gasteiger partial charge in [0.2, 0.25) is 0 Å². The summed E-state index contributed by atoms with van der Waals surface area (Å²) in [5.74, 6) is -0.208. The second-order valence-corrected chi connectivity index (χ2v) is 5.80. The number of hydrogen-bond acceptors (Lipinski definition) is 2. The molecule has 1 atom stereocenters. The lowest BCUT2D eigenvalue weighted by Crippen LogP contribution is -2.17. The molecule has 2 aromatic rings. The van der Waals surface area contributed by atoms with Crippen LogP contribution < -0.4 is 10.6 Å². The molecule has 0 radical (unpaired) electrons. The van der Waals surface area contributed by atoms with Gasteiger partial charge in [-0.1, -0.05) is 17.7 Å². The highest BCUT2D eigenvalue weighted by molar-refractivity contribution is 5.69. The molecule has 0 saturated carbocycles. The maximum absolute atomic E-state index is 13.8. The van der Waals surface area contributed by atoms with Crippen molar-refractivity contribution in [3.8, 4) is 0 Å². The molecule has 0 aromatic heterocycles. The van der Waals surface area contributed by atoms with E-state index in [1.165, 1.54) is 11.1 Å². The highest BCUT2D eigenvalue weighted by Crippen LogP contribution is 2.34. The number of nitrogens with zero attached hydrogens (tertiary/aromatic N) is 1. The van der Waals surface area contributed by atoms with Crippen molar-refractivity contribution < 1.29 is 4.39 Å². The fraction of sp³-hybridized carbons (Fsp3) is 0.333. The van der Waals surface area contributed by atoms with Gasteiger partial charge in [0, 0.05) is 24.5 Å². The molecule has 0 aliphatic carbocycles. The van der Waals surface area contributed by atoms with Crippen LogP contribution in [0.3, 0.4) is 0 Å². The van der Waals surface area contributed by atoms with E-state index < -0.39 is 0 Å². The third-order valence-corrected chi connectivity index (χ3v) is 3.87. The Bertz CT molecular complexity index is 663. The Morgan fingerprint density at radius 1 is 1.00 bits per heavy atom. The zero-order valence-electron chi connectivity index (χ0n) is 13.4. The van der Waals surface area contributed by atoms with Gasteiger partial charge < -0.3 is 10.6 Å². The van der Waals surface area contributed by atoms with Gasteiger partial charge in [-0.05, 0) is 62.6 Å². The van der Waals surface area contributed by atoms with Crippen LogP contribution in [0.2, 0.25) is 0 Å². The number of hydrogen-bond donors (Lipinski definition) is 1. The van der Waals surface area contributed by atoms with Crippen molar-refractivity contribution >= 4 is 11.4 Å². The maximum atomic E-state index is 13.8. The first kappa shape index (κ1) is 15.5. The summed E-state index contributed by atoms with van der Waals surface area (Å²) in [6, 6.07) is 9.52. The molecule has 21 heavy (non-hydrogen) atoms. The summed E-state index contributed by atoms with van der Waals surface area (Å²) in [4.78, 5) is 2.08. The van der Waals surface area contributed by atoms with Crippen molar-refractivity contribution in [2.45, 2.75) is 33.7 Å². The largest absolute Gasteiger partial charge is 0.344 e. The first-order chi connectivity index (χ1) is 9.81. The average Bonchev–Trinajstić information content (AvgIpc) is 2.40. The molecule has 2 nitrogen and oxygen atoms in total. The van der Waals surface area contributed by atoms with Crippen molar-refractivity contribution in [2.75, 3.05) is 11.9 Å². The number of aryl methyl sites for hydroxylation is 3. The van der Waals surface area contributed by atoms with E-state index in [2.05, 4.69) is 36.9 Å². The molecule has 0 unspecified atom stereocenters. The number of halogens is 1. The van der Waals surface area contributed by atoms with E-state index in [0.29, 0.717) is 5.56 Å². The van der Waals surface area contributed by atoms with E-state index >= 15 is 0 Å². The van der Waals surface area contributed by atoms with Gasteiger partial charge in [0.1, 0.15) is 5.82 Å². The van der Waals surface area contributed by atoms with Crippen LogP contribution in [0, 0.1) is 26.6 Å². The van der Waals surface area contributed by atoms with Crippen LogP contribution >= 0.6 is 0 Å². The molecular formula is C18H23FN2. The van der Waals surface area contributed by atoms with Gasteiger partial charge in [-0.2, -0.15) is 0 Å². The minimum atomic E-state index is -0.219. The molecule has 0 bridgehead atoms. The van der Waals surface area contributed by atoms with Gasteiger partial charge in [0.05, 0.1) is 0 Å². The van der Waals surface area contributed by atoms with Gasteiger partial charge in [-0.25, -0.2) is 4.39 Å². The van der Waals surface area contributed by atoms with Crippen molar-refractivity contribution in [3.63, 3.8) is 0 Å². The van der Waals surface area contributed by atoms with E-state index in [0.717, 1.165) is 16.9 Å². The Balaban J connectivity index is 2.57. The lowest BCUT2D eigenvalue weighted by molar-refractivity contribution is 0.613. The number of anilines is 2. The zero-order valence-corrected chi connectivity index (χ0v) is 13.4. The Morgan fingerprint density at radius 2 is 1.67 bits per heavy atom. The minimum absolute atomic E-state index is 0.208. The second kappa shape index (κ2) is 5.86. The van der Waals surface area contributed by atoms with Crippen molar-refractivity contribution in [1.29, 1.82) is 0 Å². The molecule has 2 rings (SSSR count). The quantitative estimate of drug-likeness (QED) is 0.897. The normalized spacial score (nSPS) is 12.3. The van der Waals surface area contributed by atoms with Gasteiger partial charge in [0.15, 0.2) is 0 Å². The summed E-state index contributed by atoms with van der Waals surface area (Å²) in [5.41, 5.74) is 11.9. The van der Waals surface area contributed by atoms with Gasteiger partial charge in [0.25, 0.3) is 0 Å². The summed E-state index contributed by atoms with van der Waals surface area (Å²) in [7, 11) is 2.00. The molecule has 0 spiro atoms. The summed E-state index contributed by atoms with van der Waals surface area (Å²) >= 11 is 0. The van der Waals surface area contributed by atoms with E-state index in [1.807, 2.05) is 20.0 Å². The fourth-order valence-corrected chi connectivity index (χ4v) is 2.65. The highest BCUT2D eigenvalue weighted by Gasteiger charge is 2.16. The van der Waals surface area contributed by atoms with Crippen LogP contribution in [0.4, 0.5) is 15.8 Å². The van der Waals surface area contributed by atoms with Gasteiger partial charge in [-0.15, -0.1) is 0 Å². The molecule has 3 heteroatoms. The first-order valence-electron chi connectivity index (χ1n) is 7.18. The fourth-order valence-electron chi connectivity index (χ4n) is 2.65. The summed E-state index contributed by atoms with van der Waals surface area (Å²) < 4.78 is 13.8. The molecule has 0 aliphatic heterocycles. The smallest absolute Gasteiger partial charge is 0.126 e. The lowest BCUT2D eigenvalue weighted by Gasteiger charge is -2.26. The molecule has 2 N–H and O–H groups in total. The predicted octanol–water partition coefficient (Wildman–Crippen LogP) is 4.54. The van der Waals surface area contributed by atoms with Gasteiger partial charge >= 0.3 is 0 Å². The Hall–Kier alpha value is -1.87. The van der Waals surface area contributed by atoms with E-state index in [1.54, 1.807) is 13.0 Å². The molecule has 112 valence electrons. The third kappa shape index (κ3) is 3.08. The topological polar surface area (TPSA) is 29.3 Å². The highest BCUT2D eigenvalue weighted by atomic mass is 19.1. The molecule has 0 amide bonds. The number of nitrogens with two attached hydrogens (primary N) is 1. The SMILES string of the molecule is Cc1ccc(N(C)c2cc(C)c(F)cc2[C@@H](C)N)c(C)c1. The van der Waals surface area contributed by atoms with Crippen LogP contribution in [0.25, 0.3) is 0 Å². The van der Waals surface area contributed by atoms with Gasteiger partial charge in [-0.3, -0.25) is 0 Å². The van der Waals surface area contributed by atoms with E-state index in [-0.39, 0.29) is 11.9 Å². The van der Waals surface area contributed by atoms with Crippen molar-refractivity contribution in [3.05, 3.63) is 58.4 Å². The Labute approximate surface area is 126 Å². The van der Waals surface area contributed by atoms with Crippen LogP contribution in [-0.4, -0.2) is 7.05 Å². The number of benzene rings is 2. The standard InChI is InChI=1S/C18H23FN2/c1-11-6-7-17(13(3)8-11)21(5)18-9-12(2)16(19)10-15(18)14(4)20/h6-10,14H,20H2,1-5H3/t14-/m1/s1. The van der Waals surface area contributed by atoms with Crippen LogP contribution in [-0.2, 0) is 0 Å². The van der Waals surface area contributed by atoms with E-state index in [4.69, 9.17) is 5.73 Å². The second-order valence-electron chi connectivity index (χ2n) is 5.80. The van der Waals surface area contributed by atoms with Crippen LogP contribution in [0.1, 0.15) is 35.2 Å². The first-order valence-corrected chi connectivity index (χ1v) is 7.18. The van der Waals surface area contributed by atoms with Crippen molar-refractivity contribution in [2.24, 2.45) is 5.73 Å². The third-order valence-electron chi connectivity index (χ3n) is 3.87. The molecule has 0 fully saturated rings. The molecule has 2 aromatic carbocycles. The summed E-state index contributed by atoms with van der Waals surface area (Å²) in [6.45, 7) is 7.82. The lowest BCUT2D eigenvalue weighted by atomic mass is 10.0. The Morgan fingerprint density at radius 3 is 2.24 bits per heavy atom. The molecule has 0 saturated heterocycles. The Kier molecular flexibility index (Phi) is 4.33. The molecule has 0 aliphatic rings. The minimum Gasteiger partial charge on any atom is -0.344 e. The van der Waals surface area contributed by atoms with Crippen molar-refractivity contribution in [1.82, 2.24) is 0 Å². The zero-order chi connectivity index (χ0) is 15.7. The molecule has 0 heterocycles. The van der Waals surface area contributed by atoms with Crippen LogP contribution in [0.5, 0.6) is 0 Å². The summed E-state index contributed by atoms with van der Waals surface area (Å²) in [5, 5.41) is 0. The van der Waals surface area contributed by atoms with Crippen LogP contribution in [0.15, 0.2) is 30.3 Å². The monoisotopic (exact) mass is 286 g/mol. The van der Waals surface area contributed by atoms with E-state index in [9.17, 15) is 4.39 Å². The maximum Gasteiger partial charge on any atom is 0.126 e.